The fourth-order valence-electron chi connectivity index (χ4n) is 6.91. The number of phenols is 2. The van der Waals surface area contributed by atoms with Crippen LogP contribution in [0.2, 0.25) is 0 Å². The summed E-state index contributed by atoms with van der Waals surface area (Å²) < 4.78 is 13.9. The Morgan fingerprint density at radius 2 is 0.857 bits per heavy atom. The molecule has 3 aromatic carbocycles. The van der Waals surface area contributed by atoms with Gasteiger partial charge in [-0.3, -0.25) is 9.97 Å². The summed E-state index contributed by atoms with van der Waals surface area (Å²) in [6.07, 6.45) is 9.36. The van der Waals surface area contributed by atoms with E-state index < -0.39 is 56.5 Å². The third-order valence-electron chi connectivity index (χ3n) is 9.52. The normalized spacial score (nSPS) is 11.3. The summed E-state index contributed by atoms with van der Waals surface area (Å²) in [5, 5.41) is 53.9. The van der Waals surface area contributed by atoms with Crippen LogP contribution in [-0.2, 0) is 0 Å². The van der Waals surface area contributed by atoms with Gasteiger partial charge in [0, 0.05) is 58.6 Å². The van der Waals surface area contributed by atoms with Crippen molar-refractivity contribution in [3.8, 4) is 79.1 Å². The van der Waals surface area contributed by atoms with Crippen molar-refractivity contribution in [2.24, 2.45) is 0 Å². The zero-order valence-electron chi connectivity index (χ0n) is 29.0. The van der Waals surface area contributed by atoms with Crippen LogP contribution in [0.25, 0.3) is 78.1 Å². The van der Waals surface area contributed by atoms with Gasteiger partial charge in [-0.2, -0.15) is 9.13 Å². The monoisotopic (exact) mass is 738 g/mol. The molecule has 0 aliphatic heterocycles. The SMILES string of the molecule is O=c1oc2ccccc2c([O-])c1-c1c(O)c(-[n+]2ccc(-c3ccccn3)cc2)c(-c2c([O-])c3ccccc3oc2=O)c(O)c1-[n+]1ccc(-c2ccccn2)cc1. The first-order valence-electron chi connectivity index (χ1n) is 17.2. The first kappa shape index (κ1) is 33.7. The van der Waals surface area contributed by atoms with Crippen LogP contribution in [0, 0.1) is 0 Å². The highest BCUT2D eigenvalue weighted by atomic mass is 16.4. The average Bonchev–Trinajstić information content (AvgIpc) is 3.23. The molecule has 0 saturated carbocycles. The number of para-hydroxylation sites is 2. The summed E-state index contributed by atoms with van der Waals surface area (Å²) in [6.45, 7) is 0. The van der Waals surface area contributed by atoms with Crippen LogP contribution in [0.3, 0.4) is 0 Å². The average molecular weight is 739 g/mol. The van der Waals surface area contributed by atoms with Crippen LogP contribution in [0.4, 0.5) is 0 Å². The molecule has 0 bridgehead atoms. The lowest BCUT2D eigenvalue weighted by molar-refractivity contribution is -0.599. The Morgan fingerprint density at radius 1 is 0.482 bits per heavy atom. The van der Waals surface area contributed by atoms with Crippen molar-refractivity contribution in [1.29, 1.82) is 0 Å². The molecular weight excluding hydrogens is 713 g/mol. The van der Waals surface area contributed by atoms with Gasteiger partial charge in [-0.15, -0.1) is 0 Å². The first-order valence-corrected chi connectivity index (χ1v) is 17.2. The molecule has 0 amide bonds. The Morgan fingerprint density at radius 3 is 1.23 bits per heavy atom. The van der Waals surface area contributed by atoms with Gasteiger partial charge in [0.05, 0.1) is 22.5 Å². The number of hydrogen-bond donors (Lipinski definition) is 2. The van der Waals surface area contributed by atoms with Crippen LogP contribution in [0.1, 0.15) is 0 Å². The van der Waals surface area contributed by atoms with Gasteiger partial charge in [-0.25, -0.2) is 9.59 Å². The van der Waals surface area contributed by atoms with Crippen LogP contribution in [-0.4, -0.2) is 20.2 Å². The number of hydrogen-bond acceptors (Lipinski definition) is 10. The third kappa shape index (κ3) is 5.48. The minimum atomic E-state index is -1.10. The number of pyridine rings is 4. The highest BCUT2D eigenvalue weighted by Crippen LogP contribution is 2.50. The molecule has 0 aliphatic rings. The number of phenolic OH excluding ortho intramolecular Hbond substituents is 2. The molecule has 6 aromatic heterocycles. The highest BCUT2D eigenvalue weighted by Gasteiger charge is 2.39. The van der Waals surface area contributed by atoms with Gasteiger partial charge in [0.15, 0.2) is 24.8 Å². The summed E-state index contributed by atoms with van der Waals surface area (Å²) in [7, 11) is 0. The van der Waals surface area contributed by atoms with Gasteiger partial charge in [0.1, 0.15) is 22.3 Å². The van der Waals surface area contributed by atoms with E-state index in [2.05, 4.69) is 9.97 Å². The summed E-state index contributed by atoms with van der Waals surface area (Å²) in [5.74, 6) is -3.03. The highest BCUT2D eigenvalue weighted by molar-refractivity contribution is 6.00. The number of aromatic hydroxyl groups is 2. The fourth-order valence-corrected chi connectivity index (χ4v) is 6.91. The molecule has 12 nitrogen and oxygen atoms in total. The van der Waals surface area contributed by atoms with Gasteiger partial charge >= 0.3 is 11.3 Å². The Hall–Kier alpha value is -8.12. The maximum absolute atomic E-state index is 14.3. The molecule has 2 N–H and O–H groups in total. The van der Waals surface area contributed by atoms with Crippen LogP contribution in [0.15, 0.2) is 165 Å². The maximum Gasteiger partial charge on any atom is 0.343 e. The van der Waals surface area contributed by atoms with E-state index in [1.165, 1.54) is 58.2 Å². The summed E-state index contributed by atoms with van der Waals surface area (Å²) in [6, 6.07) is 29.8. The third-order valence-corrected chi connectivity index (χ3v) is 9.52. The molecule has 56 heavy (non-hydrogen) atoms. The van der Waals surface area contributed by atoms with Crippen molar-refractivity contribution in [3.63, 3.8) is 0 Å². The second-order valence-corrected chi connectivity index (χ2v) is 12.7. The smallest absolute Gasteiger partial charge is 0.343 e. The molecule has 0 atom stereocenters. The van der Waals surface area contributed by atoms with E-state index in [-0.39, 0.29) is 33.3 Å². The van der Waals surface area contributed by atoms with Gasteiger partial charge in [-0.1, -0.05) is 60.0 Å². The zero-order chi connectivity index (χ0) is 38.5. The molecule has 0 spiro atoms. The molecular formula is C44H26N4O8. The van der Waals surface area contributed by atoms with Crippen molar-refractivity contribution in [1.82, 2.24) is 9.97 Å². The Labute approximate surface area is 316 Å². The fraction of sp³-hybridized carbons (Fsp3) is 0. The van der Waals surface area contributed by atoms with Gasteiger partial charge in [0.2, 0.25) is 11.5 Å². The topological polar surface area (TPSA) is 181 Å². The van der Waals surface area contributed by atoms with E-state index in [1.54, 1.807) is 85.2 Å². The summed E-state index contributed by atoms with van der Waals surface area (Å²) in [4.78, 5) is 36.6. The van der Waals surface area contributed by atoms with Gasteiger partial charge in [-0.05, 0) is 36.4 Å². The van der Waals surface area contributed by atoms with Crippen molar-refractivity contribution in [2.45, 2.75) is 0 Å². The molecule has 9 aromatic rings. The van der Waals surface area contributed by atoms with Crippen LogP contribution in [0.5, 0.6) is 23.0 Å². The minimum Gasteiger partial charge on any atom is -0.871 e. The summed E-state index contributed by atoms with van der Waals surface area (Å²) in [5.41, 5.74) is -2.16. The van der Waals surface area contributed by atoms with E-state index in [1.807, 2.05) is 12.1 Å². The van der Waals surface area contributed by atoms with E-state index in [9.17, 15) is 30.0 Å². The van der Waals surface area contributed by atoms with Crippen molar-refractivity contribution < 1.29 is 38.4 Å². The van der Waals surface area contributed by atoms with Crippen molar-refractivity contribution in [3.05, 3.63) is 167 Å². The Kier molecular flexibility index (Phi) is 8.05. The van der Waals surface area contributed by atoms with E-state index in [0.717, 1.165) is 0 Å². The number of rotatable bonds is 6. The quantitative estimate of drug-likeness (QED) is 0.126. The molecule has 0 saturated heterocycles. The molecule has 9 rings (SSSR count). The molecule has 12 heteroatoms. The Bertz CT molecular complexity index is 2880. The lowest BCUT2D eigenvalue weighted by atomic mass is 9.92. The number of nitrogens with zero attached hydrogens (tertiary/aromatic N) is 4. The lowest BCUT2D eigenvalue weighted by Crippen LogP contribution is -2.35. The molecule has 0 aliphatic carbocycles. The predicted octanol–water partition coefficient (Wildman–Crippen LogP) is 5.47. The van der Waals surface area contributed by atoms with Gasteiger partial charge in [0.25, 0.3) is 11.4 Å². The van der Waals surface area contributed by atoms with E-state index >= 15 is 0 Å². The molecule has 0 fully saturated rings. The second-order valence-electron chi connectivity index (χ2n) is 12.7. The van der Waals surface area contributed by atoms with Crippen molar-refractivity contribution in [2.75, 3.05) is 0 Å². The number of aromatic nitrogens is 4. The second kappa shape index (κ2) is 13.4. The van der Waals surface area contributed by atoms with Crippen LogP contribution >= 0.6 is 0 Å². The van der Waals surface area contributed by atoms with E-state index in [4.69, 9.17) is 8.83 Å². The molecule has 0 unspecified atom stereocenters. The number of benzene rings is 3. The summed E-state index contributed by atoms with van der Waals surface area (Å²) >= 11 is 0. The Balaban J connectivity index is 1.42. The molecule has 0 radical (unpaired) electrons. The zero-order valence-corrected chi connectivity index (χ0v) is 29.0. The van der Waals surface area contributed by atoms with Gasteiger partial charge < -0.3 is 29.3 Å². The molecule has 270 valence electrons. The maximum atomic E-state index is 14.3. The predicted molar refractivity (Wildman–Crippen MR) is 201 cm³/mol. The number of fused-ring (bicyclic) bond motifs is 2. The lowest BCUT2D eigenvalue weighted by Gasteiger charge is -2.21. The largest absolute Gasteiger partial charge is 0.871 e. The first-order chi connectivity index (χ1) is 27.3. The molecule has 6 heterocycles. The van der Waals surface area contributed by atoms with E-state index in [0.29, 0.717) is 22.5 Å². The minimum absolute atomic E-state index is 0.0185. The van der Waals surface area contributed by atoms with Crippen molar-refractivity contribution >= 4 is 21.9 Å². The van der Waals surface area contributed by atoms with Crippen LogP contribution < -0.4 is 30.6 Å². The standard InChI is InChI=1S/C44H26N4O8/c49-39-27-9-1-3-13-31(27)55-43(53)35(39)33-37(47-21-15-25(16-22-47)29-11-5-7-19-45-29)42(52)34(36-40(50)28-10-2-4-14-32(28)56-44(36)54)38(41(33)51)48-23-17-26(18-24-48)30-12-6-8-20-46-30/h1-24,45H,(H-,46,49,50,51,52,53,54).